The Kier molecular flexibility index (Phi) is 7.64. The lowest BCUT2D eigenvalue weighted by Crippen LogP contribution is -2.27. The molecule has 9 heteroatoms. The Balaban J connectivity index is 1.65. The molecule has 158 valence electrons. The van der Waals surface area contributed by atoms with Crippen molar-refractivity contribution in [3.63, 3.8) is 0 Å². The summed E-state index contributed by atoms with van der Waals surface area (Å²) in [4.78, 5) is 40.2. The zero-order chi connectivity index (χ0) is 21.5. The first-order valence-electron chi connectivity index (χ1n) is 9.57. The number of nitrogens with zero attached hydrogens (tertiary/aromatic N) is 2. The largest absolute Gasteiger partial charge is 0.550 e. The van der Waals surface area contributed by atoms with Gasteiger partial charge in [0.2, 0.25) is 5.91 Å². The number of carboxylic acid groups (broad SMARTS) is 1. The minimum absolute atomic E-state index is 0.0483. The minimum Gasteiger partial charge on any atom is -0.550 e. The van der Waals surface area contributed by atoms with Crippen LogP contribution in [0.3, 0.4) is 0 Å². The molecule has 3 aromatic rings. The Morgan fingerprint density at radius 3 is 2.70 bits per heavy atom. The van der Waals surface area contributed by atoms with Gasteiger partial charge in [0.25, 0.3) is 5.56 Å². The van der Waals surface area contributed by atoms with E-state index in [0.717, 1.165) is 11.1 Å². The van der Waals surface area contributed by atoms with Crippen molar-refractivity contribution in [1.82, 2.24) is 14.9 Å². The van der Waals surface area contributed by atoms with Gasteiger partial charge in [0.05, 0.1) is 11.3 Å². The minimum atomic E-state index is -1.10. The number of carboxylic acids is 1. The molecule has 0 aliphatic rings. The van der Waals surface area contributed by atoms with Crippen LogP contribution in [0.1, 0.15) is 30.4 Å². The average Bonchev–Trinajstić information content (AvgIpc) is 3.19. The summed E-state index contributed by atoms with van der Waals surface area (Å²) in [5, 5.41) is 15.7. The standard InChI is InChI=1S/C21H23N3O4S2/c1-14-5-7-15(8-6-14)12-22-17(25)13-30-21-23-16-9-11-29-19(16)20(28)24(21)10-3-2-4-18(26)27/h5-9,11H,2-4,10,12-13H2,1H3,(H,22,25)(H,26,27)/p-1. The molecule has 0 bridgehead atoms. The van der Waals surface area contributed by atoms with E-state index in [-0.39, 0.29) is 23.6 Å². The van der Waals surface area contributed by atoms with Gasteiger partial charge in [0, 0.05) is 19.1 Å². The maximum atomic E-state index is 12.8. The topological polar surface area (TPSA) is 104 Å². The number of carbonyl (C=O) groups is 2. The number of hydrogen-bond acceptors (Lipinski definition) is 7. The van der Waals surface area contributed by atoms with Crippen LogP contribution in [0.4, 0.5) is 0 Å². The van der Waals surface area contributed by atoms with Crippen LogP contribution in [0.25, 0.3) is 10.2 Å². The van der Waals surface area contributed by atoms with Gasteiger partial charge in [0.1, 0.15) is 4.70 Å². The third-order valence-electron chi connectivity index (χ3n) is 4.49. The van der Waals surface area contributed by atoms with Gasteiger partial charge in [-0.2, -0.15) is 0 Å². The first-order chi connectivity index (χ1) is 14.4. The van der Waals surface area contributed by atoms with E-state index in [1.54, 1.807) is 6.07 Å². The van der Waals surface area contributed by atoms with Crippen molar-refractivity contribution in [3.05, 3.63) is 57.2 Å². The number of hydrogen-bond donors (Lipinski definition) is 1. The predicted molar refractivity (Wildman–Crippen MR) is 116 cm³/mol. The molecule has 2 aromatic heterocycles. The molecule has 0 aliphatic heterocycles. The number of aliphatic carboxylic acids is 1. The normalized spacial score (nSPS) is 11.0. The van der Waals surface area contributed by atoms with E-state index in [0.29, 0.717) is 41.3 Å². The number of benzene rings is 1. The summed E-state index contributed by atoms with van der Waals surface area (Å²) < 4.78 is 2.09. The number of aryl methyl sites for hydroxylation is 1. The fourth-order valence-electron chi connectivity index (χ4n) is 2.86. The van der Waals surface area contributed by atoms with Gasteiger partial charge in [-0.15, -0.1) is 11.3 Å². The summed E-state index contributed by atoms with van der Waals surface area (Å²) in [5.74, 6) is -1.12. The summed E-state index contributed by atoms with van der Waals surface area (Å²) in [6.45, 7) is 2.79. The number of rotatable bonds is 10. The molecule has 0 unspecified atom stereocenters. The number of thiophene rings is 1. The molecule has 0 saturated heterocycles. The van der Waals surface area contributed by atoms with E-state index in [9.17, 15) is 19.5 Å². The zero-order valence-corrected chi connectivity index (χ0v) is 18.2. The lowest BCUT2D eigenvalue weighted by molar-refractivity contribution is -0.305. The zero-order valence-electron chi connectivity index (χ0n) is 16.6. The number of thioether (sulfide) groups is 1. The number of nitrogens with one attached hydrogen (secondary N) is 1. The Morgan fingerprint density at radius 2 is 1.97 bits per heavy atom. The van der Waals surface area contributed by atoms with Crippen LogP contribution in [0.15, 0.2) is 45.7 Å². The quantitative estimate of drug-likeness (QED) is 0.292. The molecule has 30 heavy (non-hydrogen) atoms. The number of carbonyl (C=O) groups excluding carboxylic acids is 2. The van der Waals surface area contributed by atoms with E-state index < -0.39 is 5.97 Å². The molecular weight excluding hydrogens is 422 g/mol. The van der Waals surface area contributed by atoms with Crippen molar-refractivity contribution in [2.75, 3.05) is 5.75 Å². The van der Waals surface area contributed by atoms with Crippen molar-refractivity contribution in [3.8, 4) is 0 Å². The van der Waals surface area contributed by atoms with Gasteiger partial charge in [-0.25, -0.2) is 4.98 Å². The highest BCUT2D eigenvalue weighted by atomic mass is 32.2. The number of aromatic nitrogens is 2. The number of unbranched alkanes of at least 4 members (excludes halogenated alkanes) is 1. The Bertz CT molecular complexity index is 1090. The molecule has 1 amide bonds. The molecule has 2 heterocycles. The first-order valence-corrected chi connectivity index (χ1v) is 11.4. The van der Waals surface area contributed by atoms with E-state index >= 15 is 0 Å². The van der Waals surface area contributed by atoms with Crippen LogP contribution in [0, 0.1) is 6.92 Å². The average molecular weight is 445 g/mol. The van der Waals surface area contributed by atoms with Crippen molar-refractivity contribution in [1.29, 1.82) is 0 Å². The van der Waals surface area contributed by atoms with Gasteiger partial charge in [-0.1, -0.05) is 41.6 Å². The number of amides is 1. The molecule has 1 N–H and O–H groups in total. The molecule has 0 saturated carbocycles. The van der Waals surface area contributed by atoms with Gasteiger partial charge >= 0.3 is 0 Å². The van der Waals surface area contributed by atoms with Gasteiger partial charge < -0.3 is 15.2 Å². The maximum Gasteiger partial charge on any atom is 0.272 e. The summed E-state index contributed by atoms with van der Waals surface area (Å²) in [5.41, 5.74) is 2.62. The molecule has 1 aromatic carbocycles. The van der Waals surface area contributed by atoms with Crippen molar-refractivity contribution >= 4 is 45.2 Å². The highest BCUT2D eigenvalue weighted by Gasteiger charge is 2.14. The van der Waals surface area contributed by atoms with Crippen LogP contribution in [-0.4, -0.2) is 27.2 Å². The van der Waals surface area contributed by atoms with Crippen LogP contribution >= 0.6 is 23.1 Å². The van der Waals surface area contributed by atoms with Crippen LogP contribution < -0.4 is 16.0 Å². The third kappa shape index (κ3) is 5.93. The van der Waals surface area contributed by atoms with Gasteiger partial charge in [-0.05, 0) is 43.2 Å². The smallest absolute Gasteiger partial charge is 0.272 e. The van der Waals surface area contributed by atoms with Crippen LogP contribution in [0.2, 0.25) is 0 Å². The van der Waals surface area contributed by atoms with E-state index in [1.165, 1.54) is 27.7 Å². The molecule has 3 rings (SSSR count). The highest BCUT2D eigenvalue weighted by Crippen LogP contribution is 2.21. The molecule has 0 spiro atoms. The summed E-state index contributed by atoms with van der Waals surface area (Å²) in [6, 6.07) is 9.71. The fourth-order valence-corrected chi connectivity index (χ4v) is 4.49. The van der Waals surface area contributed by atoms with Crippen molar-refractivity contribution in [2.45, 2.75) is 44.4 Å². The van der Waals surface area contributed by atoms with E-state index in [2.05, 4.69) is 10.3 Å². The van der Waals surface area contributed by atoms with E-state index in [1.807, 2.05) is 36.6 Å². The fraction of sp³-hybridized carbons (Fsp3) is 0.333. The second-order valence-electron chi connectivity index (χ2n) is 6.87. The van der Waals surface area contributed by atoms with E-state index in [4.69, 9.17) is 0 Å². The van der Waals surface area contributed by atoms with Gasteiger partial charge in [0.15, 0.2) is 5.16 Å². The van der Waals surface area contributed by atoms with Crippen LogP contribution in [-0.2, 0) is 22.7 Å². The number of fused-ring (bicyclic) bond motifs is 1. The van der Waals surface area contributed by atoms with Crippen molar-refractivity contribution < 1.29 is 14.7 Å². The van der Waals surface area contributed by atoms with Crippen molar-refractivity contribution in [2.24, 2.45) is 0 Å². The monoisotopic (exact) mass is 444 g/mol. The Labute approximate surface area is 182 Å². The summed E-state index contributed by atoms with van der Waals surface area (Å²) in [6.07, 6.45) is 0.880. The van der Waals surface area contributed by atoms with Crippen LogP contribution in [0.5, 0.6) is 0 Å². The lowest BCUT2D eigenvalue weighted by Gasteiger charge is -2.12. The lowest BCUT2D eigenvalue weighted by atomic mass is 10.1. The summed E-state index contributed by atoms with van der Waals surface area (Å²) in [7, 11) is 0. The predicted octanol–water partition coefficient (Wildman–Crippen LogP) is 2.10. The second-order valence-corrected chi connectivity index (χ2v) is 8.72. The Morgan fingerprint density at radius 1 is 1.20 bits per heavy atom. The summed E-state index contributed by atoms with van der Waals surface area (Å²) >= 11 is 2.53. The molecule has 0 aliphatic carbocycles. The molecule has 0 radical (unpaired) electrons. The highest BCUT2D eigenvalue weighted by molar-refractivity contribution is 7.99. The first kappa shape index (κ1) is 22.0. The second kappa shape index (κ2) is 10.4. The molecule has 0 atom stereocenters. The molecule has 0 fully saturated rings. The SMILES string of the molecule is Cc1ccc(CNC(=O)CSc2nc3ccsc3c(=O)n2CCCCC(=O)[O-])cc1. The maximum absolute atomic E-state index is 12.8. The molecule has 7 nitrogen and oxygen atoms in total. The Hall–Kier alpha value is -2.65. The van der Waals surface area contributed by atoms with Gasteiger partial charge in [-0.3, -0.25) is 14.2 Å². The third-order valence-corrected chi connectivity index (χ3v) is 6.35. The molecular formula is C21H22N3O4S2-.